The second kappa shape index (κ2) is 6.51. The molecule has 0 spiro atoms. The summed E-state index contributed by atoms with van der Waals surface area (Å²) in [7, 11) is -2.42. The molecule has 1 aromatic carbocycles. The van der Waals surface area contributed by atoms with Crippen LogP contribution in [0.5, 0.6) is 0 Å². The molecule has 0 saturated carbocycles. The van der Waals surface area contributed by atoms with Gasteiger partial charge in [-0.25, -0.2) is 0 Å². The quantitative estimate of drug-likeness (QED) is 0.781. The fourth-order valence-electron chi connectivity index (χ4n) is 2.45. The first-order valence-corrected chi connectivity index (χ1v) is 8.70. The predicted octanol–water partition coefficient (Wildman–Crippen LogP) is 3.55. The first-order chi connectivity index (χ1) is 8.72. The van der Waals surface area contributed by atoms with Crippen molar-refractivity contribution in [1.29, 1.82) is 0 Å². The Balaban J connectivity index is 2.01. The molecule has 1 saturated heterocycles. The molecule has 1 fully saturated rings. The second-order valence-electron chi connectivity index (χ2n) is 4.84. The van der Waals surface area contributed by atoms with Gasteiger partial charge in [0.2, 0.25) is 7.37 Å². The van der Waals surface area contributed by atoms with Crippen molar-refractivity contribution in [3.05, 3.63) is 35.9 Å². The van der Waals surface area contributed by atoms with Crippen LogP contribution in [0.2, 0.25) is 0 Å². The van der Waals surface area contributed by atoms with Crippen LogP contribution in [-0.2, 0) is 15.6 Å². The largest absolute Gasteiger partial charge is 0.328 e. The molecule has 18 heavy (non-hydrogen) atoms. The Morgan fingerprint density at radius 3 is 2.78 bits per heavy atom. The van der Waals surface area contributed by atoms with Crippen LogP contribution in [0.15, 0.2) is 30.3 Å². The Morgan fingerprint density at radius 1 is 1.28 bits per heavy atom. The molecule has 1 aliphatic heterocycles. The fraction of sp³-hybridized carbons (Fsp3) is 0.571. The van der Waals surface area contributed by atoms with E-state index in [1.165, 1.54) is 5.56 Å². The van der Waals surface area contributed by atoms with E-state index in [2.05, 4.69) is 29.2 Å². The molecule has 100 valence electrons. The highest BCUT2D eigenvalue weighted by Crippen LogP contribution is 2.49. The van der Waals surface area contributed by atoms with Crippen LogP contribution >= 0.6 is 7.37 Å². The van der Waals surface area contributed by atoms with Gasteiger partial charge in [0.15, 0.2) is 0 Å². The highest BCUT2D eigenvalue weighted by atomic mass is 31.2. The van der Waals surface area contributed by atoms with Crippen molar-refractivity contribution in [1.82, 2.24) is 4.90 Å². The van der Waals surface area contributed by atoms with E-state index in [1.54, 1.807) is 0 Å². The van der Waals surface area contributed by atoms with Crippen molar-refractivity contribution < 1.29 is 9.09 Å². The van der Waals surface area contributed by atoms with Gasteiger partial charge in [-0.3, -0.25) is 9.46 Å². The fourth-order valence-corrected chi connectivity index (χ4v) is 4.82. The third-order valence-corrected chi connectivity index (χ3v) is 5.81. The minimum absolute atomic E-state index is 0.552. The Morgan fingerprint density at radius 2 is 2.06 bits per heavy atom. The lowest BCUT2D eigenvalue weighted by Gasteiger charge is -2.24. The van der Waals surface area contributed by atoms with Gasteiger partial charge in [0.05, 0.1) is 12.9 Å². The smallest absolute Gasteiger partial charge is 0.216 e. The van der Waals surface area contributed by atoms with Gasteiger partial charge in [-0.05, 0) is 31.9 Å². The summed E-state index contributed by atoms with van der Waals surface area (Å²) in [5.74, 6) is 0. The maximum Gasteiger partial charge on any atom is 0.216 e. The lowest BCUT2D eigenvalue weighted by Crippen LogP contribution is -2.24. The molecule has 1 heterocycles. The highest BCUT2D eigenvalue weighted by molar-refractivity contribution is 7.58. The summed E-state index contributed by atoms with van der Waals surface area (Å²) in [6, 6.07) is 10.4. The van der Waals surface area contributed by atoms with Gasteiger partial charge in [-0.15, -0.1) is 0 Å². The Bertz CT molecular complexity index is 408. The molecule has 0 radical (unpaired) electrons. The zero-order valence-electron chi connectivity index (χ0n) is 11.0. The first kappa shape index (κ1) is 13.8. The Kier molecular flexibility index (Phi) is 4.99. The van der Waals surface area contributed by atoms with Gasteiger partial charge in [-0.2, -0.15) is 0 Å². The predicted molar refractivity (Wildman–Crippen MR) is 75.1 cm³/mol. The van der Waals surface area contributed by atoms with Gasteiger partial charge < -0.3 is 4.52 Å². The van der Waals surface area contributed by atoms with Crippen LogP contribution in [0.4, 0.5) is 0 Å². The summed E-state index contributed by atoms with van der Waals surface area (Å²) in [6.45, 7) is 4.37. The molecular formula is C14H22NO2P. The average Bonchev–Trinajstić information content (AvgIpc) is 2.53. The van der Waals surface area contributed by atoms with E-state index in [-0.39, 0.29) is 0 Å². The van der Waals surface area contributed by atoms with E-state index in [4.69, 9.17) is 4.52 Å². The molecular weight excluding hydrogens is 245 g/mol. The summed E-state index contributed by atoms with van der Waals surface area (Å²) in [5.41, 5.74) is 1.28. The summed E-state index contributed by atoms with van der Waals surface area (Å²) in [5, 5.41) is 0. The number of rotatable bonds is 4. The molecule has 2 rings (SSSR count). The summed E-state index contributed by atoms with van der Waals surface area (Å²) >= 11 is 0. The van der Waals surface area contributed by atoms with Crippen molar-refractivity contribution in [2.45, 2.75) is 26.3 Å². The zero-order valence-corrected chi connectivity index (χ0v) is 11.9. The minimum Gasteiger partial charge on any atom is -0.328 e. The molecule has 0 bridgehead atoms. The lowest BCUT2D eigenvalue weighted by atomic mass is 10.2. The van der Waals surface area contributed by atoms with E-state index in [0.29, 0.717) is 12.9 Å². The third kappa shape index (κ3) is 3.94. The molecule has 3 nitrogen and oxygen atoms in total. The van der Waals surface area contributed by atoms with E-state index >= 15 is 0 Å². The number of benzene rings is 1. The number of hydrogen-bond acceptors (Lipinski definition) is 3. The highest BCUT2D eigenvalue weighted by Gasteiger charge is 2.28. The SMILES string of the molecule is CCOP1(=O)CCCCN(Cc2ccccc2)C1. The molecule has 1 aromatic rings. The van der Waals surface area contributed by atoms with Crippen LogP contribution in [0.25, 0.3) is 0 Å². The van der Waals surface area contributed by atoms with Crippen LogP contribution in [0.1, 0.15) is 25.3 Å². The third-order valence-electron chi connectivity index (χ3n) is 3.25. The topological polar surface area (TPSA) is 29.5 Å². The normalized spacial score (nSPS) is 25.8. The van der Waals surface area contributed by atoms with Crippen molar-refractivity contribution in [2.24, 2.45) is 0 Å². The number of nitrogens with zero attached hydrogens (tertiary/aromatic N) is 1. The van der Waals surface area contributed by atoms with Crippen molar-refractivity contribution in [2.75, 3.05) is 25.6 Å². The van der Waals surface area contributed by atoms with Crippen molar-refractivity contribution >= 4 is 7.37 Å². The summed E-state index contributed by atoms with van der Waals surface area (Å²) in [6.07, 6.45) is 3.48. The number of hydrogen-bond donors (Lipinski definition) is 0. The summed E-state index contributed by atoms with van der Waals surface area (Å²) < 4.78 is 18.1. The molecule has 1 unspecified atom stereocenters. The maximum absolute atomic E-state index is 12.6. The molecule has 4 heteroatoms. The van der Waals surface area contributed by atoms with Crippen molar-refractivity contribution in [3.63, 3.8) is 0 Å². The van der Waals surface area contributed by atoms with E-state index in [9.17, 15) is 4.57 Å². The van der Waals surface area contributed by atoms with E-state index in [1.807, 2.05) is 13.0 Å². The second-order valence-corrected chi connectivity index (χ2v) is 7.46. The lowest BCUT2D eigenvalue weighted by molar-refractivity contribution is 0.278. The van der Waals surface area contributed by atoms with Gasteiger partial charge in [0.1, 0.15) is 0 Å². The molecule has 1 atom stereocenters. The van der Waals surface area contributed by atoms with Crippen molar-refractivity contribution in [3.8, 4) is 0 Å². The Labute approximate surface area is 110 Å². The molecule has 0 N–H and O–H groups in total. The van der Waals surface area contributed by atoms with Crippen LogP contribution in [0.3, 0.4) is 0 Å². The monoisotopic (exact) mass is 267 g/mol. The molecule has 0 aliphatic carbocycles. The Hall–Kier alpha value is -0.630. The standard InChI is InChI=1S/C14H22NO2P/c1-2-17-18(16)11-7-6-10-15(13-18)12-14-8-4-3-5-9-14/h3-5,8-9H,2,6-7,10-13H2,1H3. The first-order valence-electron chi connectivity index (χ1n) is 6.71. The summed E-state index contributed by atoms with van der Waals surface area (Å²) in [4.78, 5) is 2.28. The van der Waals surface area contributed by atoms with Crippen LogP contribution < -0.4 is 0 Å². The minimum atomic E-state index is -2.42. The van der Waals surface area contributed by atoms with Gasteiger partial charge in [0.25, 0.3) is 0 Å². The molecule has 0 aromatic heterocycles. The van der Waals surface area contributed by atoms with Crippen LogP contribution in [0, 0.1) is 0 Å². The maximum atomic E-state index is 12.6. The average molecular weight is 267 g/mol. The van der Waals surface area contributed by atoms with Gasteiger partial charge in [0, 0.05) is 12.7 Å². The van der Waals surface area contributed by atoms with E-state index in [0.717, 1.165) is 32.1 Å². The zero-order chi connectivity index (χ0) is 12.8. The van der Waals surface area contributed by atoms with E-state index < -0.39 is 7.37 Å². The van der Waals surface area contributed by atoms with Gasteiger partial charge in [-0.1, -0.05) is 30.3 Å². The van der Waals surface area contributed by atoms with Crippen LogP contribution in [-0.4, -0.2) is 30.5 Å². The molecule has 0 amide bonds. The van der Waals surface area contributed by atoms with Gasteiger partial charge >= 0.3 is 0 Å². The molecule has 1 aliphatic rings.